The standard InChI is InChI=1S/C60H59N3O/c1-37(2)50-35-46(63-55-23-14-11-20-47(55)48-21-12-15-24-56(48)63)36-51(38(3)4)58(50)41-26-27-61-52(31-41)39-18-17-19-40(28-39)53-32-43(33-54(62-53)49-22-13-16-25-57(49)64)42-29-44(59(5,6)7)34-45(30-42)60(8,9)10/h11-38,64H,1-10H3. The number of phenolic OH excluding ortho intramolecular Hbond substituents is 1. The van der Waals surface area contributed by atoms with Gasteiger partial charge in [0, 0.05) is 39.3 Å². The fraction of sp³-hybridized carbons (Fsp3) is 0.233. The van der Waals surface area contributed by atoms with Crippen molar-refractivity contribution in [3.8, 4) is 67.5 Å². The maximum Gasteiger partial charge on any atom is 0.124 e. The first kappa shape index (κ1) is 42.5. The lowest BCUT2D eigenvalue weighted by Crippen LogP contribution is -2.16. The first-order valence-electron chi connectivity index (χ1n) is 22.8. The van der Waals surface area contributed by atoms with Crippen LogP contribution in [0.5, 0.6) is 5.75 Å². The molecule has 4 nitrogen and oxygen atoms in total. The molecule has 0 amide bonds. The maximum absolute atomic E-state index is 11.1. The highest BCUT2D eigenvalue weighted by molar-refractivity contribution is 6.09. The summed E-state index contributed by atoms with van der Waals surface area (Å²) in [4.78, 5) is 10.2. The van der Waals surface area contributed by atoms with Gasteiger partial charge in [-0.25, -0.2) is 4.98 Å². The Kier molecular flexibility index (Phi) is 10.9. The Morgan fingerprint density at radius 3 is 1.56 bits per heavy atom. The number of para-hydroxylation sites is 3. The van der Waals surface area contributed by atoms with Gasteiger partial charge in [0.25, 0.3) is 0 Å². The first-order chi connectivity index (χ1) is 30.5. The van der Waals surface area contributed by atoms with E-state index in [1.54, 1.807) is 6.07 Å². The molecule has 0 aliphatic rings. The van der Waals surface area contributed by atoms with Crippen LogP contribution in [-0.4, -0.2) is 19.6 Å². The largest absolute Gasteiger partial charge is 0.507 e. The second-order valence-electron chi connectivity index (χ2n) is 20.1. The molecule has 4 heteroatoms. The lowest BCUT2D eigenvalue weighted by Gasteiger charge is -2.26. The molecule has 0 aliphatic carbocycles. The molecule has 0 aliphatic heterocycles. The second kappa shape index (κ2) is 16.4. The zero-order valence-corrected chi connectivity index (χ0v) is 39.0. The van der Waals surface area contributed by atoms with Gasteiger partial charge in [0.1, 0.15) is 5.75 Å². The smallest absolute Gasteiger partial charge is 0.124 e. The van der Waals surface area contributed by atoms with E-state index >= 15 is 0 Å². The van der Waals surface area contributed by atoms with Crippen molar-refractivity contribution in [1.29, 1.82) is 0 Å². The number of pyridine rings is 2. The van der Waals surface area contributed by atoms with Crippen molar-refractivity contribution in [2.45, 2.75) is 91.9 Å². The van der Waals surface area contributed by atoms with Crippen molar-refractivity contribution in [3.63, 3.8) is 0 Å². The number of benzene rings is 6. The molecule has 3 aromatic heterocycles. The van der Waals surface area contributed by atoms with Crippen molar-refractivity contribution in [1.82, 2.24) is 14.5 Å². The average molecular weight is 838 g/mol. The molecule has 0 fully saturated rings. The molecule has 0 spiro atoms. The molecule has 6 aromatic carbocycles. The molecule has 320 valence electrons. The Hall–Kier alpha value is -6.78. The van der Waals surface area contributed by atoms with Crippen molar-refractivity contribution in [2.75, 3.05) is 0 Å². The zero-order chi connectivity index (χ0) is 45.1. The third-order valence-electron chi connectivity index (χ3n) is 12.8. The minimum absolute atomic E-state index is 0.0392. The van der Waals surface area contributed by atoms with E-state index in [4.69, 9.17) is 9.97 Å². The summed E-state index contributed by atoms with van der Waals surface area (Å²) in [6.45, 7) is 22.8. The van der Waals surface area contributed by atoms with Crippen LogP contribution in [0.3, 0.4) is 0 Å². The zero-order valence-electron chi connectivity index (χ0n) is 39.0. The van der Waals surface area contributed by atoms with E-state index < -0.39 is 0 Å². The Morgan fingerprint density at radius 1 is 0.469 bits per heavy atom. The first-order valence-corrected chi connectivity index (χ1v) is 22.8. The van der Waals surface area contributed by atoms with E-state index in [2.05, 4.69) is 201 Å². The van der Waals surface area contributed by atoms with Crippen LogP contribution in [-0.2, 0) is 10.8 Å². The molecule has 0 atom stereocenters. The highest BCUT2D eigenvalue weighted by Gasteiger charge is 2.24. The van der Waals surface area contributed by atoms with Gasteiger partial charge in [-0.1, -0.05) is 154 Å². The Morgan fingerprint density at radius 2 is 0.984 bits per heavy atom. The molecular formula is C60H59N3O. The predicted octanol–water partition coefficient (Wildman–Crippen LogP) is 16.5. The second-order valence-corrected chi connectivity index (χ2v) is 20.1. The minimum Gasteiger partial charge on any atom is -0.507 e. The molecular weight excluding hydrogens is 779 g/mol. The molecule has 9 aromatic rings. The number of hydrogen-bond donors (Lipinski definition) is 1. The topological polar surface area (TPSA) is 50.9 Å². The van der Waals surface area contributed by atoms with Crippen molar-refractivity contribution < 1.29 is 5.11 Å². The average Bonchev–Trinajstić information content (AvgIpc) is 3.62. The van der Waals surface area contributed by atoms with Gasteiger partial charge in [-0.15, -0.1) is 0 Å². The minimum atomic E-state index is -0.0392. The van der Waals surface area contributed by atoms with Gasteiger partial charge in [0.15, 0.2) is 0 Å². The van der Waals surface area contributed by atoms with Crippen LogP contribution in [0.1, 0.15) is 103 Å². The third kappa shape index (κ3) is 8.03. The van der Waals surface area contributed by atoms with Crippen LogP contribution >= 0.6 is 0 Å². The number of hydrogen-bond acceptors (Lipinski definition) is 3. The summed E-state index contributed by atoms with van der Waals surface area (Å²) in [5.74, 6) is 0.762. The number of phenols is 1. The Balaban J connectivity index is 1.18. The third-order valence-corrected chi connectivity index (χ3v) is 12.8. The highest BCUT2D eigenvalue weighted by atomic mass is 16.3. The van der Waals surface area contributed by atoms with Gasteiger partial charge < -0.3 is 9.67 Å². The van der Waals surface area contributed by atoms with Crippen molar-refractivity contribution in [3.05, 3.63) is 180 Å². The van der Waals surface area contributed by atoms with E-state index in [0.29, 0.717) is 5.56 Å². The Labute approximate surface area is 379 Å². The van der Waals surface area contributed by atoms with Gasteiger partial charge in [-0.2, -0.15) is 0 Å². The van der Waals surface area contributed by atoms with Crippen LogP contribution in [0.2, 0.25) is 0 Å². The molecule has 0 bridgehead atoms. The van der Waals surface area contributed by atoms with Gasteiger partial charge in [-0.05, 0) is 134 Å². The molecule has 1 N–H and O–H groups in total. The quantitative estimate of drug-likeness (QED) is 0.166. The Bertz CT molecular complexity index is 3090. The number of aromatic nitrogens is 3. The van der Waals surface area contributed by atoms with Crippen molar-refractivity contribution in [2.24, 2.45) is 0 Å². The molecule has 0 saturated carbocycles. The monoisotopic (exact) mass is 837 g/mol. The predicted molar refractivity (Wildman–Crippen MR) is 271 cm³/mol. The summed E-state index contributed by atoms with van der Waals surface area (Å²) in [5.41, 5.74) is 18.5. The molecule has 0 radical (unpaired) electrons. The molecule has 9 rings (SSSR count). The normalized spacial score (nSPS) is 12.2. The molecule has 3 heterocycles. The number of nitrogens with zero attached hydrogens (tertiary/aromatic N) is 3. The summed E-state index contributed by atoms with van der Waals surface area (Å²) in [7, 11) is 0. The van der Waals surface area contributed by atoms with Gasteiger partial charge in [-0.3, -0.25) is 4.98 Å². The van der Waals surface area contributed by atoms with E-state index in [1.807, 2.05) is 24.4 Å². The molecule has 0 unspecified atom stereocenters. The SMILES string of the molecule is CC(C)c1cc(-n2c3ccccc3c3ccccc32)cc(C(C)C)c1-c1ccnc(-c2cccc(-c3cc(-c4cc(C(C)(C)C)cc(C(C)(C)C)c4)cc(-c4ccccc4O)n3)c2)c1. The van der Waals surface area contributed by atoms with E-state index in [9.17, 15) is 5.11 Å². The maximum atomic E-state index is 11.1. The number of aromatic hydroxyl groups is 1. The molecule has 0 saturated heterocycles. The fourth-order valence-corrected chi connectivity index (χ4v) is 9.16. The summed E-state index contributed by atoms with van der Waals surface area (Å²) < 4.78 is 2.44. The number of rotatable bonds is 8. The van der Waals surface area contributed by atoms with Gasteiger partial charge in [0.05, 0.1) is 28.1 Å². The summed E-state index contributed by atoms with van der Waals surface area (Å²) in [5, 5.41) is 13.6. The summed E-state index contributed by atoms with van der Waals surface area (Å²) in [6.07, 6.45) is 1.95. The van der Waals surface area contributed by atoms with Gasteiger partial charge in [0.2, 0.25) is 0 Å². The van der Waals surface area contributed by atoms with Crippen LogP contribution in [0.25, 0.3) is 83.5 Å². The van der Waals surface area contributed by atoms with Crippen LogP contribution in [0.4, 0.5) is 0 Å². The van der Waals surface area contributed by atoms with Crippen LogP contribution < -0.4 is 0 Å². The lowest BCUT2D eigenvalue weighted by atomic mass is 9.79. The summed E-state index contributed by atoms with van der Waals surface area (Å²) >= 11 is 0. The van der Waals surface area contributed by atoms with Crippen LogP contribution in [0, 0.1) is 0 Å². The highest BCUT2D eigenvalue weighted by Crippen LogP contribution is 2.43. The molecule has 64 heavy (non-hydrogen) atoms. The lowest BCUT2D eigenvalue weighted by molar-refractivity contribution is 0.477. The fourth-order valence-electron chi connectivity index (χ4n) is 9.16. The van der Waals surface area contributed by atoms with E-state index in [0.717, 1.165) is 44.9 Å². The van der Waals surface area contributed by atoms with E-state index in [-0.39, 0.29) is 28.4 Å². The van der Waals surface area contributed by atoms with E-state index in [1.165, 1.54) is 55.3 Å². The van der Waals surface area contributed by atoms with Crippen LogP contribution in [0.15, 0.2) is 158 Å². The summed E-state index contributed by atoms with van der Waals surface area (Å²) in [6, 6.07) is 54.1. The number of fused-ring (bicyclic) bond motifs is 3. The van der Waals surface area contributed by atoms with Gasteiger partial charge >= 0.3 is 0 Å². The van der Waals surface area contributed by atoms with Crippen molar-refractivity contribution >= 4 is 21.8 Å².